The van der Waals surface area contributed by atoms with Gasteiger partial charge in [0.05, 0.1) is 12.3 Å². The van der Waals surface area contributed by atoms with E-state index in [1.54, 1.807) is 24.1 Å². The standard InChI is InChI=1S/C13H15FN4OS/c1-9-15-12(17-16-9)7-18(2)13(19)8-20-11-5-3-10(14)4-6-11/h3-6H,7-8H2,1-2H3,(H,15,16,17). The Morgan fingerprint density at radius 3 is 2.70 bits per heavy atom. The van der Waals surface area contributed by atoms with E-state index < -0.39 is 0 Å². The molecule has 0 saturated carbocycles. The van der Waals surface area contributed by atoms with Crippen LogP contribution in [-0.4, -0.2) is 38.8 Å². The minimum Gasteiger partial charge on any atom is -0.337 e. The zero-order valence-electron chi connectivity index (χ0n) is 11.3. The molecular formula is C13H15FN4OS. The summed E-state index contributed by atoms with van der Waals surface area (Å²) in [4.78, 5) is 18.5. The molecule has 0 aliphatic rings. The monoisotopic (exact) mass is 294 g/mol. The number of nitrogens with zero attached hydrogens (tertiary/aromatic N) is 3. The predicted octanol–water partition coefficient (Wildman–Crippen LogP) is 2.00. The molecule has 0 spiro atoms. The van der Waals surface area contributed by atoms with Gasteiger partial charge in [-0.15, -0.1) is 11.8 Å². The third kappa shape index (κ3) is 4.06. The lowest BCUT2D eigenvalue weighted by Gasteiger charge is -2.14. The molecule has 0 fully saturated rings. The van der Waals surface area contributed by atoms with Crippen LogP contribution in [0, 0.1) is 12.7 Å². The van der Waals surface area contributed by atoms with E-state index in [0.717, 1.165) is 10.7 Å². The average molecular weight is 294 g/mol. The van der Waals surface area contributed by atoms with Crippen LogP contribution in [0.15, 0.2) is 29.2 Å². The highest BCUT2D eigenvalue weighted by atomic mass is 32.2. The number of hydrogen-bond donors (Lipinski definition) is 1. The molecule has 0 radical (unpaired) electrons. The molecule has 106 valence electrons. The number of halogens is 1. The second-order valence-electron chi connectivity index (χ2n) is 4.33. The molecule has 1 heterocycles. The zero-order valence-corrected chi connectivity index (χ0v) is 12.1. The molecule has 1 amide bonds. The number of benzene rings is 1. The molecule has 5 nitrogen and oxygen atoms in total. The molecule has 20 heavy (non-hydrogen) atoms. The lowest BCUT2D eigenvalue weighted by atomic mass is 10.4. The van der Waals surface area contributed by atoms with Crippen LogP contribution in [0.5, 0.6) is 0 Å². The van der Waals surface area contributed by atoms with Gasteiger partial charge in [-0.1, -0.05) is 0 Å². The fourth-order valence-corrected chi connectivity index (χ4v) is 2.39. The van der Waals surface area contributed by atoms with Crippen LogP contribution in [0.1, 0.15) is 11.6 Å². The van der Waals surface area contributed by atoms with Crippen molar-refractivity contribution in [1.29, 1.82) is 0 Å². The number of thioether (sulfide) groups is 1. The number of aromatic nitrogens is 3. The van der Waals surface area contributed by atoms with Gasteiger partial charge >= 0.3 is 0 Å². The summed E-state index contributed by atoms with van der Waals surface area (Å²) < 4.78 is 12.8. The van der Waals surface area contributed by atoms with Gasteiger partial charge < -0.3 is 4.90 Å². The summed E-state index contributed by atoms with van der Waals surface area (Å²) >= 11 is 1.37. The second kappa shape index (κ2) is 6.51. The van der Waals surface area contributed by atoms with Crippen molar-refractivity contribution in [2.24, 2.45) is 0 Å². The summed E-state index contributed by atoms with van der Waals surface area (Å²) in [5, 5.41) is 6.72. The van der Waals surface area contributed by atoms with Crippen molar-refractivity contribution in [3.05, 3.63) is 41.7 Å². The first kappa shape index (κ1) is 14.5. The highest BCUT2D eigenvalue weighted by molar-refractivity contribution is 8.00. The van der Waals surface area contributed by atoms with Gasteiger partial charge in [-0.3, -0.25) is 9.89 Å². The highest BCUT2D eigenvalue weighted by Crippen LogP contribution is 2.18. The van der Waals surface area contributed by atoms with E-state index in [9.17, 15) is 9.18 Å². The van der Waals surface area contributed by atoms with E-state index in [2.05, 4.69) is 15.2 Å². The summed E-state index contributed by atoms with van der Waals surface area (Å²) in [7, 11) is 1.71. The van der Waals surface area contributed by atoms with Crippen molar-refractivity contribution in [3.63, 3.8) is 0 Å². The van der Waals surface area contributed by atoms with E-state index in [0.29, 0.717) is 18.1 Å². The summed E-state index contributed by atoms with van der Waals surface area (Å²) in [5.41, 5.74) is 0. The Morgan fingerprint density at radius 2 is 2.10 bits per heavy atom. The van der Waals surface area contributed by atoms with Crippen LogP contribution in [-0.2, 0) is 11.3 Å². The Hall–Kier alpha value is -1.89. The van der Waals surface area contributed by atoms with Crippen LogP contribution in [0.25, 0.3) is 0 Å². The fraction of sp³-hybridized carbons (Fsp3) is 0.308. The van der Waals surface area contributed by atoms with Crippen molar-refractivity contribution in [1.82, 2.24) is 20.1 Å². The molecule has 0 atom stereocenters. The molecule has 2 aromatic rings. The van der Waals surface area contributed by atoms with E-state index in [1.807, 2.05) is 6.92 Å². The van der Waals surface area contributed by atoms with E-state index >= 15 is 0 Å². The second-order valence-corrected chi connectivity index (χ2v) is 5.38. The van der Waals surface area contributed by atoms with Crippen molar-refractivity contribution in [2.75, 3.05) is 12.8 Å². The molecule has 0 unspecified atom stereocenters. The first-order valence-corrected chi connectivity index (χ1v) is 7.03. The van der Waals surface area contributed by atoms with Crippen LogP contribution >= 0.6 is 11.8 Å². The number of carbonyl (C=O) groups is 1. The fourth-order valence-electron chi connectivity index (χ4n) is 1.55. The molecule has 1 aromatic carbocycles. The van der Waals surface area contributed by atoms with Gasteiger partial charge in [-0.2, -0.15) is 5.10 Å². The third-order valence-corrected chi connectivity index (χ3v) is 3.62. The number of H-pyrrole nitrogens is 1. The lowest BCUT2D eigenvalue weighted by molar-refractivity contribution is -0.127. The van der Waals surface area contributed by atoms with Gasteiger partial charge in [-0.05, 0) is 31.2 Å². The average Bonchev–Trinajstić information content (AvgIpc) is 2.83. The number of carbonyl (C=O) groups excluding carboxylic acids is 1. The van der Waals surface area contributed by atoms with Crippen LogP contribution in [0.2, 0.25) is 0 Å². The third-order valence-electron chi connectivity index (χ3n) is 2.62. The molecule has 0 bridgehead atoms. The molecule has 2 rings (SSSR count). The SMILES string of the molecule is Cc1nc(CN(C)C(=O)CSc2ccc(F)cc2)n[nH]1. The summed E-state index contributed by atoms with van der Waals surface area (Å²) in [6, 6.07) is 6.08. The Labute approximate surface area is 120 Å². The zero-order chi connectivity index (χ0) is 14.5. The summed E-state index contributed by atoms with van der Waals surface area (Å²) in [6.45, 7) is 2.18. The van der Waals surface area contributed by atoms with Crippen LogP contribution < -0.4 is 0 Å². The maximum Gasteiger partial charge on any atom is 0.233 e. The van der Waals surface area contributed by atoms with Crippen molar-refractivity contribution >= 4 is 17.7 Å². The normalized spacial score (nSPS) is 10.6. The number of amides is 1. The van der Waals surface area contributed by atoms with Gasteiger partial charge in [0.25, 0.3) is 0 Å². The van der Waals surface area contributed by atoms with Crippen LogP contribution in [0.3, 0.4) is 0 Å². The first-order valence-electron chi connectivity index (χ1n) is 6.05. The predicted molar refractivity (Wildman–Crippen MR) is 74.7 cm³/mol. The molecule has 1 aromatic heterocycles. The topological polar surface area (TPSA) is 61.9 Å². The van der Waals surface area contributed by atoms with Crippen LogP contribution in [0.4, 0.5) is 4.39 Å². The van der Waals surface area contributed by atoms with Gasteiger partial charge in [0.2, 0.25) is 5.91 Å². The molecule has 7 heteroatoms. The molecular weight excluding hydrogens is 279 g/mol. The van der Waals surface area contributed by atoms with Crippen molar-refractivity contribution < 1.29 is 9.18 Å². The Balaban J connectivity index is 1.83. The lowest BCUT2D eigenvalue weighted by Crippen LogP contribution is -2.28. The van der Waals surface area contributed by atoms with Gasteiger partial charge in [0, 0.05) is 11.9 Å². The van der Waals surface area contributed by atoms with Gasteiger partial charge in [-0.25, -0.2) is 9.37 Å². The smallest absolute Gasteiger partial charge is 0.233 e. The minimum absolute atomic E-state index is 0.0261. The number of aromatic amines is 1. The molecule has 1 N–H and O–H groups in total. The summed E-state index contributed by atoms with van der Waals surface area (Å²) in [6.07, 6.45) is 0. The molecule has 0 aliphatic carbocycles. The van der Waals surface area contributed by atoms with Gasteiger partial charge in [0.1, 0.15) is 11.6 Å². The largest absolute Gasteiger partial charge is 0.337 e. The minimum atomic E-state index is -0.280. The summed E-state index contributed by atoms with van der Waals surface area (Å²) in [5.74, 6) is 1.30. The van der Waals surface area contributed by atoms with E-state index in [-0.39, 0.29) is 11.7 Å². The van der Waals surface area contributed by atoms with E-state index in [4.69, 9.17) is 0 Å². The first-order chi connectivity index (χ1) is 9.54. The van der Waals surface area contributed by atoms with Gasteiger partial charge in [0.15, 0.2) is 5.82 Å². The van der Waals surface area contributed by atoms with E-state index in [1.165, 1.54) is 23.9 Å². The molecule has 0 aliphatic heterocycles. The number of hydrogen-bond acceptors (Lipinski definition) is 4. The maximum absolute atomic E-state index is 12.8. The Morgan fingerprint density at radius 1 is 1.40 bits per heavy atom. The molecule has 0 saturated heterocycles. The number of nitrogens with one attached hydrogen (secondary N) is 1. The Bertz CT molecular complexity index is 584. The quantitative estimate of drug-likeness (QED) is 0.857. The highest BCUT2D eigenvalue weighted by Gasteiger charge is 2.12. The Kier molecular flexibility index (Phi) is 4.73. The van der Waals surface area contributed by atoms with Crippen molar-refractivity contribution in [3.8, 4) is 0 Å². The van der Waals surface area contributed by atoms with Crippen molar-refractivity contribution in [2.45, 2.75) is 18.4 Å². The number of aryl methyl sites for hydroxylation is 1. The number of rotatable bonds is 5. The maximum atomic E-state index is 12.8.